The van der Waals surface area contributed by atoms with Gasteiger partial charge in [-0.15, -0.1) is 0 Å². The van der Waals surface area contributed by atoms with E-state index < -0.39 is 27.8 Å². The van der Waals surface area contributed by atoms with Gasteiger partial charge in [0.15, 0.2) is 0 Å². The monoisotopic (exact) mass is 420 g/mol. The van der Waals surface area contributed by atoms with Crippen LogP contribution in [0.4, 0.5) is 5.69 Å². The third kappa shape index (κ3) is 3.80. The van der Waals surface area contributed by atoms with E-state index in [1.54, 1.807) is 12.1 Å². The second-order valence-electron chi connectivity index (χ2n) is 8.82. The van der Waals surface area contributed by atoms with Gasteiger partial charge in [0.1, 0.15) is 0 Å². The molecule has 1 aliphatic heterocycles. The van der Waals surface area contributed by atoms with E-state index in [0.717, 1.165) is 32.1 Å². The van der Waals surface area contributed by atoms with E-state index in [1.807, 2.05) is 0 Å². The van der Waals surface area contributed by atoms with Crippen molar-refractivity contribution in [3.8, 4) is 0 Å². The quantitative estimate of drug-likeness (QED) is 0.762. The summed E-state index contributed by atoms with van der Waals surface area (Å²) < 4.78 is 27.2. The average Bonchev–Trinajstić information content (AvgIpc) is 3.30. The van der Waals surface area contributed by atoms with Crippen molar-refractivity contribution < 1.29 is 23.1 Å². The van der Waals surface area contributed by atoms with Gasteiger partial charge in [-0.1, -0.05) is 6.92 Å². The standard InChI is InChI=1S/C21H28N2O5S/c1-13-8-10-23(11-9-13)29(27,28)17-6-4-16(5-7-17)22-20(24)18-14-2-3-15(12-14)19(18)21(25)26/h4-7,13-15,18-19H,2-3,8-12H2,1H3,(H,22,24)(H,25,26)/t14-,15+,18+,19+/m1/s1. The number of fused-ring (bicyclic) bond motifs is 2. The molecule has 3 aliphatic rings. The SMILES string of the molecule is CC1CCN(S(=O)(=O)c2ccc(NC(=O)[C@H]3[C@@H]4CC[C@@H](C4)[C@@H]3C(=O)O)cc2)CC1. The number of nitrogens with one attached hydrogen (secondary N) is 1. The molecule has 8 heteroatoms. The minimum Gasteiger partial charge on any atom is -0.481 e. The fourth-order valence-electron chi connectivity index (χ4n) is 5.33. The van der Waals surface area contributed by atoms with Crippen LogP contribution in [0.5, 0.6) is 0 Å². The van der Waals surface area contributed by atoms with Crippen LogP contribution in [0.2, 0.25) is 0 Å². The molecule has 7 nitrogen and oxygen atoms in total. The molecule has 1 heterocycles. The van der Waals surface area contributed by atoms with Crippen molar-refractivity contribution in [1.82, 2.24) is 4.31 Å². The van der Waals surface area contributed by atoms with Gasteiger partial charge >= 0.3 is 5.97 Å². The zero-order chi connectivity index (χ0) is 20.8. The number of carbonyl (C=O) groups excluding carboxylic acids is 1. The molecule has 1 amide bonds. The van der Waals surface area contributed by atoms with Crippen molar-refractivity contribution in [1.29, 1.82) is 0 Å². The van der Waals surface area contributed by atoms with Crippen LogP contribution in [-0.4, -0.2) is 42.8 Å². The maximum absolute atomic E-state index is 12.8. The first-order chi connectivity index (χ1) is 13.8. The summed E-state index contributed by atoms with van der Waals surface area (Å²) in [6.45, 7) is 3.19. The van der Waals surface area contributed by atoms with Crippen molar-refractivity contribution in [3.05, 3.63) is 24.3 Å². The Bertz CT molecular complexity index is 890. The van der Waals surface area contributed by atoms with Crippen LogP contribution < -0.4 is 5.32 Å². The summed E-state index contributed by atoms with van der Waals surface area (Å²) in [5, 5.41) is 12.3. The normalized spacial score (nSPS) is 30.4. The molecule has 0 radical (unpaired) electrons. The Balaban J connectivity index is 1.44. The van der Waals surface area contributed by atoms with E-state index in [1.165, 1.54) is 16.4 Å². The van der Waals surface area contributed by atoms with Gasteiger partial charge in [-0.05, 0) is 74.1 Å². The number of hydrogen-bond acceptors (Lipinski definition) is 4. The Morgan fingerprint density at radius 2 is 1.59 bits per heavy atom. The lowest BCUT2D eigenvalue weighted by molar-refractivity contribution is -0.148. The highest BCUT2D eigenvalue weighted by molar-refractivity contribution is 7.89. The first-order valence-corrected chi connectivity index (χ1v) is 11.8. The predicted octanol–water partition coefficient (Wildman–Crippen LogP) is 2.79. The molecule has 1 saturated heterocycles. The van der Waals surface area contributed by atoms with Gasteiger partial charge in [0, 0.05) is 18.8 Å². The lowest BCUT2D eigenvalue weighted by atomic mass is 9.78. The number of hydrogen-bond donors (Lipinski definition) is 2. The molecular formula is C21H28N2O5S. The summed E-state index contributed by atoms with van der Waals surface area (Å²) in [6.07, 6.45) is 4.31. The first kappa shape index (κ1) is 20.3. The highest BCUT2D eigenvalue weighted by Crippen LogP contribution is 2.52. The lowest BCUT2D eigenvalue weighted by Gasteiger charge is -2.29. The highest BCUT2D eigenvalue weighted by atomic mass is 32.2. The van der Waals surface area contributed by atoms with Crippen LogP contribution in [-0.2, 0) is 19.6 Å². The molecule has 0 unspecified atom stereocenters. The molecule has 1 aromatic carbocycles. The molecule has 2 N–H and O–H groups in total. The van der Waals surface area contributed by atoms with Crippen LogP contribution in [0.25, 0.3) is 0 Å². The van der Waals surface area contributed by atoms with Crippen molar-refractivity contribution in [2.75, 3.05) is 18.4 Å². The lowest BCUT2D eigenvalue weighted by Crippen LogP contribution is -2.38. The Labute approximate surface area is 171 Å². The van der Waals surface area contributed by atoms with Crippen molar-refractivity contribution in [3.63, 3.8) is 0 Å². The molecule has 4 atom stereocenters. The van der Waals surface area contributed by atoms with Gasteiger partial charge in [-0.3, -0.25) is 9.59 Å². The van der Waals surface area contributed by atoms with E-state index in [-0.39, 0.29) is 22.6 Å². The number of carbonyl (C=O) groups is 2. The smallest absolute Gasteiger partial charge is 0.307 e. The maximum Gasteiger partial charge on any atom is 0.307 e. The molecule has 3 fully saturated rings. The first-order valence-electron chi connectivity index (χ1n) is 10.4. The average molecular weight is 421 g/mol. The van der Waals surface area contributed by atoms with E-state index in [9.17, 15) is 23.1 Å². The van der Waals surface area contributed by atoms with Crippen molar-refractivity contribution >= 4 is 27.6 Å². The van der Waals surface area contributed by atoms with E-state index >= 15 is 0 Å². The summed E-state index contributed by atoms with van der Waals surface area (Å²) in [6, 6.07) is 6.19. The number of nitrogens with zero attached hydrogens (tertiary/aromatic N) is 1. The molecule has 1 aromatic rings. The Hall–Kier alpha value is -1.93. The Kier molecular flexibility index (Phi) is 5.42. The largest absolute Gasteiger partial charge is 0.481 e. The van der Waals surface area contributed by atoms with Gasteiger partial charge in [-0.2, -0.15) is 4.31 Å². The van der Waals surface area contributed by atoms with Crippen molar-refractivity contribution in [2.24, 2.45) is 29.6 Å². The number of piperidine rings is 1. The Morgan fingerprint density at radius 1 is 1.00 bits per heavy atom. The van der Waals surface area contributed by atoms with Crippen LogP contribution in [0, 0.1) is 29.6 Å². The zero-order valence-electron chi connectivity index (χ0n) is 16.6. The van der Waals surface area contributed by atoms with Crippen LogP contribution in [0.15, 0.2) is 29.2 Å². The van der Waals surface area contributed by atoms with E-state index in [2.05, 4.69) is 12.2 Å². The molecule has 29 heavy (non-hydrogen) atoms. The number of aliphatic carboxylic acids is 1. The number of sulfonamides is 1. The van der Waals surface area contributed by atoms with Crippen LogP contribution >= 0.6 is 0 Å². The maximum atomic E-state index is 12.8. The minimum atomic E-state index is -3.53. The number of carboxylic acids is 1. The van der Waals surface area contributed by atoms with Crippen LogP contribution in [0.1, 0.15) is 39.0 Å². The van der Waals surface area contributed by atoms with Gasteiger partial charge in [-0.25, -0.2) is 8.42 Å². The fourth-order valence-corrected chi connectivity index (χ4v) is 6.80. The summed E-state index contributed by atoms with van der Waals surface area (Å²) in [7, 11) is -3.53. The second-order valence-corrected chi connectivity index (χ2v) is 10.8. The third-order valence-electron chi connectivity index (χ3n) is 7.01. The van der Waals surface area contributed by atoms with E-state index in [4.69, 9.17) is 0 Å². The summed E-state index contributed by atoms with van der Waals surface area (Å²) >= 11 is 0. The number of carboxylic acid groups (broad SMARTS) is 1. The highest BCUT2D eigenvalue weighted by Gasteiger charge is 2.54. The minimum absolute atomic E-state index is 0.0908. The fraction of sp³-hybridized carbons (Fsp3) is 0.619. The number of benzene rings is 1. The van der Waals surface area contributed by atoms with Gasteiger partial charge in [0.05, 0.1) is 16.7 Å². The van der Waals surface area contributed by atoms with Crippen molar-refractivity contribution in [2.45, 2.75) is 43.9 Å². The molecule has 0 aromatic heterocycles. The number of amides is 1. The summed E-state index contributed by atoms with van der Waals surface area (Å²) in [4.78, 5) is 24.6. The number of rotatable bonds is 5. The zero-order valence-corrected chi connectivity index (χ0v) is 17.4. The summed E-state index contributed by atoms with van der Waals surface area (Å²) in [5.41, 5.74) is 0.494. The van der Waals surface area contributed by atoms with E-state index in [0.29, 0.717) is 24.7 Å². The van der Waals surface area contributed by atoms with Crippen LogP contribution in [0.3, 0.4) is 0 Å². The molecule has 2 bridgehead atoms. The predicted molar refractivity (Wildman–Crippen MR) is 108 cm³/mol. The van der Waals surface area contributed by atoms with Gasteiger partial charge in [0.25, 0.3) is 0 Å². The molecule has 2 aliphatic carbocycles. The Morgan fingerprint density at radius 3 is 2.17 bits per heavy atom. The topological polar surface area (TPSA) is 104 Å². The molecule has 0 spiro atoms. The van der Waals surface area contributed by atoms with Gasteiger partial charge < -0.3 is 10.4 Å². The molecule has 2 saturated carbocycles. The van der Waals surface area contributed by atoms with Gasteiger partial charge in [0.2, 0.25) is 15.9 Å². The number of anilines is 1. The molecule has 4 rings (SSSR count). The second kappa shape index (κ2) is 7.72. The summed E-state index contributed by atoms with van der Waals surface area (Å²) in [5.74, 6) is -1.53. The molecule has 158 valence electrons. The third-order valence-corrected chi connectivity index (χ3v) is 8.92. The molecular weight excluding hydrogens is 392 g/mol.